The number of nitrogens with two attached hydrogens (primary N) is 1. The maximum atomic E-state index is 11.6. The summed E-state index contributed by atoms with van der Waals surface area (Å²) >= 11 is 0. The van der Waals surface area contributed by atoms with Crippen LogP contribution in [0.2, 0.25) is 0 Å². The number of aryl methyl sites for hydroxylation is 1. The standard InChI is InChI=1S/C14H17NO5.C7H9NO.C6H6O4.CH4O.2F2.FH/c1-9-5-6-10(7-12(9)18-2)15-11(14(17)20-4)8-13(16)19-3;1-9-7-4-2-3-6(8)5-7;1-9-5(7)3-4-6(8)10-2;3*1-2;/h5-8,15H,1-4H3;2-5H,8H2,1H3;1-2H3;2H,1H3;;;1H/b11-8+;;;;;;. The zero-order chi connectivity index (χ0) is 35.8. The lowest BCUT2D eigenvalue weighted by molar-refractivity contribution is -0.138. The van der Waals surface area contributed by atoms with Gasteiger partial charge in [0.1, 0.15) is 17.2 Å². The van der Waals surface area contributed by atoms with Gasteiger partial charge in [0.05, 0.1) is 48.7 Å². The average Bonchev–Trinajstić information content (AvgIpc) is 3.10. The zero-order valence-electron chi connectivity index (χ0n) is 26.1. The van der Waals surface area contributed by atoms with Gasteiger partial charge in [0.2, 0.25) is 0 Å². The molecular formula is C28H37F5N2O11. The maximum absolute atomic E-state index is 11.6. The molecule has 0 aliphatic heterocycles. The second kappa shape index (κ2) is 33.9. The van der Waals surface area contributed by atoms with Gasteiger partial charge in [-0.15, -0.1) is 0 Å². The number of esters is 4. The SMILES string of the molecule is CO.COC(=O)/C=C(/Nc1ccc(C)c(OC)c1)C(=O)OC.COC(=O)C#CC(=O)OC.COc1cccc(N)c1.F.FF.FF. The van der Waals surface area contributed by atoms with Crippen LogP contribution in [0.4, 0.5) is 34.4 Å². The summed E-state index contributed by atoms with van der Waals surface area (Å²) in [7, 11) is 8.97. The summed E-state index contributed by atoms with van der Waals surface area (Å²) in [6.45, 7) is 1.90. The number of halogens is 5. The minimum Gasteiger partial charge on any atom is -0.497 e. The van der Waals surface area contributed by atoms with Gasteiger partial charge in [-0.1, -0.05) is 12.1 Å². The van der Waals surface area contributed by atoms with Crippen LogP contribution in [0.1, 0.15) is 5.56 Å². The zero-order valence-corrected chi connectivity index (χ0v) is 26.1. The van der Waals surface area contributed by atoms with Crippen LogP contribution in [-0.4, -0.2) is 78.8 Å². The van der Waals surface area contributed by atoms with E-state index in [1.165, 1.54) is 28.4 Å². The van der Waals surface area contributed by atoms with Crippen LogP contribution in [0, 0.1) is 18.8 Å². The van der Waals surface area contributed by atoms with E-state index in [9.17, 15) is 19.2 Å². The molecule has 2 rings (SSSR count). The van der Waals surface area contributed by atoms with E-state index in [-0.39, 0.29) is 10.4 Å². The molecule has 0 atom stereocenters. The van der Waals surface area contributed by atoms with Crippen molar-refractivity contribution < 1.29 is 75.7 Å². The minimum absolute atomic E-state index is 0. The third-order valence-electron chi connectivity index (χ3n) is 4.29. The van der Waals surface area contributed by atoms with E-state index >= 15 is 0 Å². The Morgan fingerprint density at radius 3 is 1.67 bits per heavy atom. The summed E-state index contributed by atoms with van der Waals surface area (Å²) in [5.41, 5.74) is 7.71. The van der Waals surface area contributed by atoms with E-state index in [1.807, 2.05) is 43.0 Å². The van der Waals surface area contributed by atoms with Gasteiger partial charge in [0.25, 0.3) is 0 Å². The molecule has 0 heterocycles. The molecule has 0 unspecified atom stereocenters. The molecule has 4 N–H and O–H groups in total. The molecule has 13 nitrogen and oxygen atoms in total. The molecular weight excluding hydrogens is 635 g/mol. The van der Waals surface area contributed by atoms with Crippen molar-refractivity contribution in [2.75, 3.05) is 60.8 Å². The molecule has 0 amide bonds. The van der Waals surface area contributed by atoms with E-state index in [2.05, 4.69) is 24.3 Å². The van der Waals surface area contributed by atoms with E-state index in [0.29, 0.717) is 11.4 Å². The van der Waals surface area contributed by atoms with Crippen molar-refractivity contribution in [3.05, 3.63) is 59.8 Å². The number of nitrogen functional groups attached to an aromatic ring is 1. The summed E-state index contributed by atoms with van der Waals surface area (Å²) in [6.07, 6.45) is 1.03. The molecule has 0 fully saturated rings. The third kappa shape index (κ3) is 25.0. The van der Waals surface area contributed by atoms with Crippen molar-refractivity contribution >= 4 is 35.3 Å². The summed E-state index contributed by atoms with van der Waals surface area (Å²) in [5.74, 6) is 2.42. The smallest absolute Gasteiger partial charge is 0.384 e. The highest BCUT2D eigenvalue weighted by Gasteiger charge is 2.13. The van der Waals surface area contributed by atoms with Gasteiger partial charge in [-0.25, -0.2) is 19.2 Å². The Morgan fingerprint density at radius 2 is 1.30 bits per heavy atom. The number of anilines is 2. The number of nitrogens with one attached hydrogen (secondary N) is 1. The van der Waals surface area contributed by atoms with Crippen molar-refractivity contribution in [3.8, 4) is 23.3 Å². The van der Waals surface area contributed by atoms with Crippen LogP contribution in [0.25, 0.3) is 0 Å². The molecule has 260 valence electrons. The van der Waals surface area contributed by atoms with Crippen molar-refractivity contribution in [1.29, 1.82) is 0 Å². The van der Waals surface area contributed by atoms with Crippen LogP contribution >= 0.6 is 0 Å². The van der Waals surface area contributed by atoms with E-state index in [1.54, 1.807) is 32.4 Å². The van der Waals surface area contributed by atoms with Crippen LogP contribution in [0.15, 0.2) is 54.2 Å². The Balaban J connectivity index is -0.000000182. The lowest BCUT2D eigenvalue weighted by Gasteiger charge is -2.11. The molecule has 0 saturated carbocycles. The molecule has 2 aromatic rings. The number of carbonyl (C=O) groups excluding carboxylic acids is 4. The maximum Gasteiger partial charge on any atom is 0.384 e. The fraction of sp³-hybridized carbons (Fsp3) is 0.286. The summed E-state index contributed by atoms with van der Waals surface area (Å²) < 4.78 is 59.4. The lowest BCUT2D eigenvalue weighted by atomic mass is 10.2. The Bertz CT molecular complexity index is 1220. The quantitative estimate of drug-likeness (QED) is 0.0769. The summed E-state index contributed by atoms with van der Waals surface area (Å²) in [6, 6.07) is 12.6. The fourth-order valence-corrected chi connectivity index (χ4v) is 2.33. The third-order valence-corrected chi connectivity index (χ3v) is 4.29. The number of hydrogen-bond acceptors (Lipinski definition) is 13. The van der Waals surface area contributed by atoms with Crippen LogP contribution in [0.5, 0.6) is 11.5 Å². The molecule has 0 saturated heterocycles. The van der Waals surface area contributed by atoms with Gasteiger partial charge in [0, 0.05) is 60.8 Å². The van der Waals surface area contributed by atoms with E-state index in [0.717, 1.165) is 30.2 Å². The first-order valence-electron chi connectivity index (χ1n) is 11.6. The highest BCUT2D eigenvalue weighted by Crippen LogP contribution is 2.23. The largest absolute Gasteiger partial charge is 0.497 e. The first-order chi connectivity index (χ1) is 21.5. The normalized spacial score (nSPS) is 8.33. The van der Waals surface area contributed by atoms with Gasteiger partial charge in [-0.2, -0.15) is 0 Å². The van der Waals surface area contributed by atoms with Gasteiger partial charge in [-0.05, 0) is 30.7 Å². The molecule has 2 aromatic carbocycles. The van der Waals surface area contributed by atoms with Crippen molar-refractivity contribution in [1.82, 2.24) is 0 Å². The number of rotatable bonds is 6. The highest BCUT2D eigenvalue weighted by atomic mass is 20.0. The van der Waals surface area contributed by atoms with Gasteiger partial charge >= 0.3 is 23.9 Å². The molecule has 46 heavy (non-hydrogen) atoms. The van der Waals surface area contributed by atoms with Crippen molar-refractivity contribution in [2.45, 2.75) is 6.92 Å². The van der Waals surface area contributed by atoms with Gasteiger partial charge in [0.15, 0.2) is 0 Å². The Hall–Kier alpha value is -5.57. The van der Waals surface area contributed by atoms with Crippen LogP contribution in [0.3, 0.4) is 0 Å². The minimum atomic E-state index is -0.759. The molecule has 18 heteroatoms. The highest BCUT2D eigenvalue weighted by molar-refractivity contribution is 5.99. The Morgan fingerprint density at radius 1 is 0.783 bits per heavy atom. The second-order valence-electron chi connectivity index (χ2n) is 6.89. The van der Waals surface area contributed by atoms with Crippen molar-refractivity contribution in [3.63, 3.8) is 0 Å². The number of ether oxygens (including phenoxy) is 6. The summed E-state index contributed by atoms with van der Waals surface area (Å²) in [5, 5.41) is 9.80. The molecule has 0 spiro atoms. The number of carbonyl (C=O) groups is 4. The van der Waals surface area contributed by atoms with E-state index < -0.39 is 23.9 Å². The predicted molar refractivity (Wildman–Crippen MR) is 158 cm³/mol. The summed E-state index contributed by atoms with van der Waals surface area (Å²) in [4.78, 5) is 43.3. The van der Waals surface area contributed by atoms with Gasteiger partial charge < -0.3 is 44.6 Å². The van der Waals surface area contributed by atoms with Crippen LogP contribution < -0.4 is 20.5 Å². The Labute approximate surface area is 262 Å². The topological polar surface area (TPSA) is 182 Å². The number of hydrogen-bond donors (Lipinski definition) is 3. The molecule has 0 aliphatic rings. The predicted octanol–water partition coefficient (Wildman–Crippen LogP) is 3.70. The molecule has 0 radical (unpaired) electrons. The molecule has 0 aliphatic carbocycles. The first kappa shape index (κ1) is 50.1. The van der Waals surface area contributed by atoms with Crippen molar-refractivity contribution in [2.24, 2.45) is 0 Å². The number of methoxy groups -OCH3 is 6. The Kier molecular flexibility index (Phi) is 36.9. The fourth-order valence-electron chi connectivity index (χ4n) is 2.33. The average molecular weight is 673 g/mol. The number of aliphatic hydroxyl groups excluding tert-OH is 1. The number of aliphatic hydroxyl groups is 1. The monoisotopic (exact) mass is 672 g/mol. The van der Waals surface area contributed by atoms with E-state index in [4.69, 9.17) is 38.6 Å². The second-order valence-corrected chi connectivity index (χ2v) is 6.89. The number of benzene rings is 2. The lowest BCUT2D eigenvalue weighted by Crippen LogP contribution is -2.15. The van der Waals surface area contributed by atoms with Crippen LogP contribution in [-0.2, 0) is 38.1 Å². The molecule has 0 bridgehead atoms. The van der Waals surface area contributed by atoms with Gasteiger partial charge in [-0.3, -0.25) is 4.70 Å². The first-order valence-corrected chi connectivity index (χ1v) is 11.6. The molecule has 0 aromatic heterocycles.